The Balaban J connectivity index is 1.82. The molecule has 0 aliphatic heterocycles. The standard InChI is InChI=1S/C23H19NO4S/c1-16-6-10-20(11-7-16)29-23-13-9-17(14-21(23)24(26)27)8-12-22(25)18-4-3-5-19(15-18)28-2/h3-15H,1-2H3/b12-8+. The number of ether oxygens (including phenoxy) is 1. The van der Waals surface area contributed by atoms with E-state index in [0.29, 0.717) is 21.8 Å². The van der Waals surface area contributed by atoms with Crippen LogP contribution in [0, 0.1) is 17.0 Å². The van der Waals surface area contributed by atoms with Gasteiger partial charge in [-0.3, -0.25) is 14.9 Å². The molecule has 0 unspecified atom stereocenters. The quantitative estimate of drug-likeness (QED) is 0.210. The van der Waals surface area contributed by atoms with E-state index in [4.69, 9.17) is 4.74 Å². The van der Waals surface area contributed by atoms with Crippen molar-refractivity contribution in [2.75, 3.05) is 7.11 Å². The van der Waals surface area contributed by atoms with Gasteiger partial charge in [-0.05, 0) is 48.9 Å². The van der Waals surface area contributed by atoms with Crippen molar-refractivity contribution in [2.24, 2.45) is 0 Å². The summed E-state index contributed by atoms with van der Waals surface area (Å²) in [5.41, 5.74) is 2.21. The zero-order valence-corrected chi connectivity index (χ0v) is 16.8. The first-order chi connectivity index (χ1) is 14.0. The number of allylic oxidation sites excluding steroid dienone is 1. The molecular formula is C23H19NO4S. The van der Waals surface area contributed by atoms with Crippen LogP contribution >= 0.6 is 11.8 Å². The third-order valence-electron chi connectivity index (χ3n) is 4.21. The first kappa shape index (κ1) is 20.4. The lowest BCUT2D eigenvalue weighted by Gasteiger charge is -2.05. The maximum absolute atomic E-state index is 12.4. The number of carbonyl (C=O) groups excluding carboxylic acids is 1. The lowest BCUT2D eigenvalue weighted by molar-refractivity contribution is -0.387. The lowest BCUT2D eigenvalue weighted by atomic mass is 10.1. The van der Waals surface area contributed by atoms with Gasteiger partial charge in [0, 0.05) is 16.5 Å². The largest absolute Gasteiger partial charge is 0.497 e. The summed E-state index contributed by atoms with van der Waals surface area (Å²) in [6, 6.07) is 19.6. The van der Waals surface area contributed by atoms with E-state index >= 15 is 0 Å². The molecule has 5 nitrogen and oxygen atoms in total. The van der Waals surface area contributed by atoms with E-state index in [1.807, 2.05) is 31.2 Å². The molecular weight excluding hydrogens is 386 g/mol. The van der Waals surface area contributed by atoms with E-state index in [-0.39, 0.29) is 11.5 Å². The third-order valence-corrected chi connectivity index (χ3v) is 5.28. The summed E-state index contributed by atoms with van der Waals surface area (Å²) in [7, 11) is 1.54. The van der Waals surface area contributed by atoms with Crippen LogP contribution in [-0.4, -0.2) is 17.8 Å². The molecule has 0 aromatic heterocycles. The van der Waals surface area contributed by atoms with Gasteiger partial charge in [0.15, 0.2) is 5.78 Å². The van der Waals surface area contributed by atoms with Crippen LogP contribution in [0.2, 0.25) is 0 Å². The predicted molar refractivity (Wildman–Crippen MR) is 115 cm³/mol. The molecule has 0 atom stereocenters. The number of nitro groups is 1. The molecule has 29 heavy (non-hydrogen) atoms. The molecule has 0 aliphatic rings. The van der Waals surface area contributed by atoms with Crippen molar-refractivity contribution in [1.82, 2.24) is 0 Å². The van der Waals surface area contributed by atoms with Crippen molar-refractivity contribution in [3.05, 3.63) is 99.6 Å². The van der Waals surface area contributed by atoms with Crippen molar-refractivity contribution in [3.63, 3.8) is 0 Å². The number of rotatable bonds is 7. The number of hydrogen-bond acceptors (Lipinski definition) is 5. The lowest BCUT2D eigenvalue weighted by Crippen LogP contribution is -1.95. The number of carbonyl (C=O) groups is 1. The first-order valence-electron chi connectivity index (χ1n) is 8.85. The maximum atomic E-state index is 12.4. The molecule has 0 saturated carbocycles. The van der Waals surface area contributed by atoms with Gasteiger partial charge in [-0.25, -0.2) is 0 Å². The Bertz CT molecular complexity index is 1070. The molecule has 3 aromatic carbocycles. The minimum atomic E-state index is -0.405. The molecule has 0 N–H and O–H groups in total. The Morgan fingerprint density at radius 1 is 1.07 bits per heavy atom. The Morgan fingerprint density at radius 3 is 2.52 bits per heavy atom. The van der Waals surface area contributed by atoms with Gasteiger partial charge in [-0.15, -0.1) is 0 Å². The van der Waals surface area contributed by atoms with Gasteiger partial charge < -0.3 is 4.74 Å². The fourth-order valence-corrected chi connectivity index (χ4v) is 3.55. The van der Waals surface area contributed by atoms with Crippen LogP contribution < -0.4 is 4.74 Å². The number of methoxy groups -OCH3 is 1. The van der Waals surface area contributed by atoms with Crippen molar-refractivity contribution < 1.29 is 14.5 Å². The normalized spacial score (nSPS) is 10.8. The van der Waals surface area contributed by atoms with Gasteiger partial charge >= 0.3 is 0 Å². The highest BCUT2D eigenvalue weighted by atomic mass is 32.2. The average molecular weight is 405 g/mol. The molecule has 0 heterocycles. The zero-order valence-electron chi connectivity index (χ0n) is 16.0. The number of nitro benzene ring substituents is 1. The summed E-state index contributed by atoms with van der Waals surface area (Å²) in [5.74, 6) is 0.391. The highest BCUT2D eigenvalue weighted by molar-refractivity contribution is 7.99. The Kier molecular flexibility index (Phi) is 6.46. The summed E-state index contributed by atoms with van der Waals surface area (Å²) >= 11 is 1.34. The van der Waals surface area contributed by atoms with Gasteiger partial charge in [0.2, 0.25) is 0 Å². The molecule has 0 bridgehead atoms. The molecule has 0 saturated heterocycles. The fourth-order valence-electron chi connectivity index (χ4n) is 2.64. The van der Waals surface area contributed by atoms with Crippen molar-refractivity contribution >= 4 is 29.3 Å². The summed E-state index contributed by atoms with van der Waals surface area (Å²) in [6.07, 6.45) is 2.98. The summed E-state index contributed by atoms with van der Waals surface area (Å²) in [6.45, 7) is 1.99. The van der Waals surface area contributed by atoms with Gasteiger partial charge in [0.25, 0.3) is 5.69 Å². The van der Waals surface area contributed by atoms with Gasteiger partial charge in [0.1, 0.15) is 5.75 Å². The second-order valence-corrected chi connectivity index (χ2v) is 7.44. The van der Waals surface area contributed by atoms with Gasteiger partial charge in [-0.1, -0.05) is 53.7 Å². The first-order valence-corrected chi connectivity index (χ1v) is 9.67. The molecule has 0 aliphatic carbocycles. The number of nitrogens with zero attached hydrogens (tertiary/aromatic N) is 1. The highest BCUT2D eigenvalue weighted by Gasteiger charge is 2.15. The molecule has 3 aromatic rings. The van der Waals surface area contributed by atoms with E-state index < -0.39 is 4.92 Å². The van der Waals surface area contributed by atoms with Crippen LogP contribution in [0.5, 0.6) is 5.75 Å². The third kappa shape index (κ3) is 5.33. The number of ketones is 1. The number of benzene rings is 3. The van der Waals surface area contributed by atoms with Crippen molar-refractivity contribution in [1.29, 1.82) is 0 Å². The highest BCUT2D eigenvalue weighted by Crippen LogP contribution is 2.35. The van der Waals surface area contributed by atoms with E-state index in [1.54, 1.807) is 42.5 Å². The minimum Gasteiger partial charge on any atom is -0.497 e. The van der Waals surface area contributed by atoms with Crippen LogP contribution in [0.4, 0.5) is 5.69 Å². The molecule has 0 spiro atoms. The van der Waals surface area contributed by atoms with Crippen LogP contribution in [0.25, 0.3) is 6.08 Å². The predicted octanol–water partition coefficient (Wildman–Crippen LogP) is 5.96. The van der Waals surface area contributed by atoms with E-state index in [9.17, 15) is 14.9 Å². The number of aryl methyl sites for hydroxylation is 1. The van der Waals surface area contributed by atoms with Gasteiger partial charge in [0.05, 0.1) is 16.9 Å². The second-order valence-electron chi connectivity index (χ2n) is 6.33. The minimum absolute atomic E-state index is 0.00607. The molecule has 0 radical (unpaired) electrons. The van der Waals surface area contributed by atoms with Crippen LogP contribution in [0.1, 0.15) is 21.5 Å². The molecule has 3 rings (SSSR count). The monoisotopic (exact) mass is 405 g/mol. The summed E-state index contributed by atoms with van der Waals surface area (Å²) in [4.78, 5) is 25.0. The zero-order chi connectivity index (χ0) is 20.8. The fraction of sp³-hybridized carbons (Fsp3) is 0.0870. The van der Waals surface area contributed by atoms with Crippen LogP contribution in [0.15, 0.2) is 82.6 Å². The number of hydrogen-bond donors (Lipinski definition) is 0. The second kappa shape index (κ2) is 9.21. The van der Waals surface area contributed by atoms with Crippen molar-refractivity contribution in [2.45, 2.75) is 16.7 Å². The molecule has 0 fully saturated rings. The van der Waals surface area contributed by atoms with E-state index in [0.717, 1.165) is 10.5 Å². The summed E-state index contributed by atoms with van der Waals surface area (Å²) in [5, 5.41) is 11.5. The average Bonchev–Trinajstić information content (AvgIpc) is 2.74. The van der Waals surface area contributed by atoms with Crippen molar-refractivity contribution in [3.8, 4) is 5.75 Å². The van der Waals surface area contributed by atoms with E-state index in [1.165, 1.54) is 31.0 Å². The van der Waals surface area contributed by atoms with E-state index in [2.05, 4.69) is 0 Å². The Labute approximate surface area is 173 Å². The smallest absolute Gasteiger partial charge is 0.283 e. The molecule has 0 amide bonds. The van der Waals surface area contributed by atoms with Crippen LogP contribution in [0.3, 0.4) is 0 Å². The SMILES string of the molecule is COc1cccc(C(=O)/C=C/c2ccc(Sc3ccc(C)cc3)c([N+](=O)[O-])c2)c1. The maximum Gasteiger partial charge on any atom is 0.283 e. The van der Waals surface area contributed by atoms with Crippen LogP contribution in [-0.2, 0) is 0 Å². The molecule has 6 heteroatoms. The Hall–Kier alpha value is -3.38. The topological polar surface area (TPSA) is 69.4 Å². The summed E-state index contributed by atoms with van der Waals surface area (Å²) < 4.78 is 5.12. The van der Waals surface area contributed by atoms with Gasteiger partial charge in [-0.2, -0.15) is 0 Å². The molecule has 146 valence electrons. The Morgan fingerprint density at radius 2 is 1.83 bits per heavy atom.